The van der Waals surface area contributed by atoms with Crippen LogP contribution >= 0.6 is 0 Å². The number of amides is 1. The molecule has 0 fully saturated rings. The quantitative estimate of drug-likeness (QED) is 0.829. The van der Waals surface area contributed by atoms with Gasteiger partial charge in [-0.15, -0.1) is 0 Å². The zero-order valence-corrected chi connectivity index (χ0v) is 11.3. The molecule has 104 valence electrons. The number of carboxylic acids is 1. The van der Waals surface area contributed by atoms with Crippen LogP contribution in [0.25, 0.3) is 0 Å². The molecule has 4 nitrogen and oxygen atoms in total. The van der Waals surface area contributed by atoms with Crippen molar-refractivity contribution >= 4 is 11.9 Å². The van der Waals surface area contributed by atoms with E-state index in [4.69, 9.17) is 5.11 Å². The fourth-order valence-electron chi connectivity index (χ4n) is 1.62. The van der Waals surface area contributed by atoms with Crippen LogP contribution in [0, 0.1) is 11.2 Å². The van der Waals surface area contributed by atoms with E-state index in [1.165, 1.54) is 30.9 Å². The maximum absolute atomic E-state index is 12.7. The molecule has 0 saturated carbocycles. The number of carboxylic acid groups (broad SMARTS) is 1. The highest BCUT2D eigenvalue weighted by atomic mass is 19.1. The van der Waals surface area contributed by atoms with E-state index >= 15 is 0 Å². The van der Waals surface area contributed by atoms with E-state index in [0.717, 1.165) is 5.56 Å². The number of aliphatic carboxylic acids is 1. The Morgan fingerprint density at radius 2 is 1.79 bits per heavy atom. The van der Waals surface area contributed by atoms with Crippen LogP contribution in [0.2, 0.25) is 0 Å². The van der Waals surface area contributed by atoms with Gasteiger partial charge in [0.15, 0.2) is 0 Å². The first kappa shape index (κ1) is 15.1. The second-order valence-electron chi connectivity index (χ2n) is 5.03. The molecule has 1 aromatic rings. The van der Waals surface area contributed by atoms with Crippen molar-refractivity contribution in [3.8, 4) is 0 Å². The highest BCUT2D eigenvalue weighted by molar-refractivity contribution is 6.00. The van der Waals surface area contributed by atoms with Gasteiger partial charge in [0.1, 0.15) is 11.2 Å². The summed E-state index contributed by atoms with van der Waals surface area (Å²) in [6.45, 7) is 3.15. The van der Waals surface area contributed by atoms with Crippen molar-refractivity contribution in [3.05, 3.63) is 35.6 Å². The minimum atomic E-state index is -1.43. The zero-order chi connectivity index (χ0) is 14.6. The molecule has 1 rings (SSSR count). The number of nitrogens with zero attached hydrogens (tertiary/aromatic N) is 1. The third-order valence-corrected chi connectivity index (χ3v) is 3.07. The number of likely N-dealkylation sites (N-methyl/N-ethyl adjacent to an activating group) is 1. The van der Waals surface area contributed by atoms with Gasteiger partial charge in [0.05, 0.1) is 0 Å². The molecular weight excluding hydrogens is 249 g/mol. The molecule has 0 spiro atoms. The number of carbonyl (C=O) groups is 2. The van der Waals surface area contributed by atoms with Crippen molar-refractivity contribution in [1.29, 1.82) is 0 Å². The van der Waals surface area contributed by atoms with Crippen LogP contribution in [-0.2, 0) is 16.0 Å². The van der Waals surface area contributed by atoms with Gasteiger partial charge in [0.2, 0.25) is 5.91 Å². The van der Waals surface area contributed by atoms with Crippen LogP contribution in [0.15, 0.2) is 24.3 Å². The molecule has 0 bridgehead atoms. The SMILES string of the molecule is CN(CCc1ccc(F)cc1)C(=O)C(C)(C)C(=O)O. The maximum atomic E-state index is 12.7. The van der Waals surface area contributed by atoms with Crippen LogP contribution in [-0.4, -0.2) is 35.5 Å². The molecule has 5 heteroatoms. The first-order valence-electron chi connectivity index (χ1n) is 5.98. The fourth-order valence-corrected chi connectivity index (χ4v) is 1.62. The third-order valence-electron chi connectivity index (χ3n) is 3.07. The number of hydrogen-bond donors (Lipinski definition) is 1. The Morgan fingerprint density at radius 3 is 2.26 bits per heavy atom. The molecule has 19 heavy (non-hydrogen) atoms. The van der Waals surface area contributed by atoms with E-state index in [9.17, 15) is 14.0 Å². The lowest BCUT2D eigenvalue weighted by Gasteiger charge is -2.25. The number of hydrogen-bond acceptors (Lipinski definition) is 2. The molecule has 1 N–H and O–H groups in total. The molecule has 0 aliphatic rings. The van der Waals surface area contributed by atoms with Gasteiger partial charge < -0.3 is 10.0 Å². The van der Waals surface area contributed by atoms with Crippen LogP contribution < -0.4 is 0 Å². The molecular formula is C14H18FNO3. The number of carbonyl (C=O) groups excluding carboxylic acids is 1. The van der Waals surface area contributed by atoms with E-state index in [2.05, 4.69) is 0 Å². The molecule has 0 aliphatic heterocycles. The van der Waals surface area contributed by atoms with E-state index in [1.54, 1.807) is 19.2 Å². The maximum Gasteiger partial charge on any atom is 0.318 e. The van der Waals surface area contributed by atoms with Crippen molar-refractivity contribution in [1.82, 2.24) is 4.90 Å². The average molecular weight is 267 g/mol. The Labute approximate surface area is 111 Å². The Bertz CT molecular complexity index is 468. The van der Waals surface area contributed by atoms with Crippen LogP contribution in [0.5, 0.6) is 0 Å². The Hall–Kier alpha value is -1.91. The molecule has 0 unspecified atom stereocenters. The third kappa shape index (κ3) is 3.77. The van der Waals surface area contributed by atoms with Gasteiger partial charge in [0, 0.05) is 13.6 Å². The van der Waals surface area contributed by atoms with E-state index in [-0.39, 0.29) is 5.82 Å². The lowest BCUT2D eigenvalue weighted by atomic mass is 9.92. The fraction of sp³-hybridized carbons (Fsp3) is 0.429. The molecule has 0 radical (unpaired) electrons. The van der Waals surface area contributed by atoms with Gasteiger partial charge >= 0.3 is 5.97 Å². The predicted molar refractivity (Wildman–Crippen MR) is 69.2 cm³/mol. The van der Waals surface area contributed by atoms with Gasteiger partial charge in [-0.25, -0.2) is 4.39 Å². The molecule has 0 atom stereocenters. The molecule has 0 aromatic heterocycles. The number of halogens is 1. The van der Waals surface area contributed by atoms with Crippen LogP contribution in [0.3, 0.4) is 0 Å². The monoisotopic (exact) mass is 267 g/mol. The standard InChI is InChI=1S/C14H18FNO3/c1-14(2,13(18)19)12(17)16(3)9-8-10-4-6-11(15)7-5-10/h4-7H,8-9H2,1-3H3,(H,18,19). The lowest BCUT2D eigenvalue weighted by molar-refractivity contribution is -0.157. The molecule has 0 saturated heterocycles. The van der Waals surface area contributed by atoms with Crippen molar-refractivity contribution in [3.63, 3.8) is 0 Å². The number of benzene rings is 1. The van der Waals surface area contributed by atoms with Gasteiger partial charge in [-0.3, -0.25) is 9.59 Å². The summed E-state index contributed by atoms with van der Waals surface area (Å²) in [6.07, 6.45) is 0.554. The van der Waals surface area contributed by atoms with Gasteiger partial charge in [-0.1, -0.05) is 12.1 Å². The summed E-state index contributed by atoms with van der Waals surface area (Å²) in [5.74, 6) is -1.89. The van der Waals surface area contributed by atoms with Crippen LogP contribution in [0.4, 0.5) is 4.39 Å². The van der Waals surface area contributed by atoms with E-state index in [1.807, 2.05) is 0 Å². The summed E-state index contributed by atoms with van der Waals surface area (Å²) in [4.78, 5) is 24.3. The Balaban J connectivity index is 2.60. The van der Waals surface area contributed by atoms with Crippen LogP contribution in [0.1, 0.15) is 19.4 Å². The largest absolute Gasteiger partial charge is 0.480 e. The van der Waals surface area contributed by atoms with E-state index in [0.29, 0.717) is 13.0 Å². The summed E-state index contributed by atoms with van der Waals surface area (Å²) < 4.78 is 12.7. The molecule has 0 aliphatic carbocycles. The van der Waals surface area contributed by atoms with E-state index < -0.39 is 17.3 Å². The number of rotatable bonds is 5. The second kappa shape index (κ2) is 5.82. The highest BCUT2D eigenvalue weighted by Crippen LogP contribution is 2.18. The molecule has 1 aromatic carbocycles. The first-order chi connectivity index (χ1) is 8.75. The molecule has 1 amide bonds. The van der Waals surface area contributed by atoms with Gasteiger partial charge in [-0.05, 0) is 38.0 Å². The summed E-state index contributed by atoms with van der Waals surface area (Å²) in [6, 6.07) is 6.02. The Morgan fingerprint density at radius 1 is 1.26 bits per heavy atom. The minimum absolute atomic E-state index is 0.305. The lowest BCUT2D eigenvalue weighted by Crippen LogP contribution is -2.44. The predicted octanol–water partition coefficient (Wildman–Crippen LogP) is 1.94. The summed E-state index contributed by atoms with van der Waals surface area (Å²) in [7, 11) is 1.57. The highest BCUT2D eigenvalue weighted by Gasteiger charge is 2.37. The topological polar surface area (TPSA) is 57.6 Å². The smallest absolute Gasteiger partial charge is 0.318 e. The molecule has 0 heterocycles. The second-order valence-corrected chi connectivity index (χ2v) is 5.03. The van der Waals surface area contributed by atoms with Gasteiger partial charge in [0.25, 0.3) is 0 Å². The minimum Gasteiger partial charge on any atom is -0.480 e. The summed E-state index contributed by atoms with van der Waals surface area (Å²) in [5, 5.41) is 8.99. The normalized spacial score (nSPS) is 11.2. The van der Waals surface area contributed by atoms with Crippen molar-refractivity contribution < 1.29 is 19.1 Å². The summed E-state index contributed by atoms with van der Waals surface area (Å²) >= 11 is 0. The first-order valence-corrected chi connectivity index (χ1v) is 5.98. The van der Waals surface area contributed by atoms with Crippen molar-refractivity contribution in [2.75, 3.05) is 13.6 Å². The zero-order valence-electron chi connectivity index (χ0n) is 11.3. The summed E-state index contributed by atoms with van der Waals surface area (Å²) in [5.41, 5.74) is -0.536. The average Bonchev–Trinajstić information content (AvgIpc) is 2.36. The Kier molecular flexibility index (Phi) is 4.64. The van der Waals surface area contributed by atoms with Gasteiger partial charge in [-0.2, -0.15) is 0 Å². The van der Waals surface area contributed by atoms with Crippen molar-refractivity contribution in [2.45, 2.75) is 20.3 Å². The van der Waals surface area contributed by atoms with Crippen molar-refractivity contribution in [2.24, 2.45) is 5.41 Å².